The van der Waals surface area contributed by atoms with Gasteiger partial charge in [0, 0.05) is 43.9 Å². The second-order valence-corrected chi connectivity index (χ2v) is 11.0. The molecule has 0 saturated carbocycles. The number of carbonyl (C=O) groups excluding carboxylic acids is 2. The summed E-state index contributed by atoms with van der Waals surface area (Å²) in [5, 5.41) is 15.5. The molecule has 13 heteroatoms. The van der Waals surface area contributed by atoms with E-state index in [9.17, 15) is 28.1 Å². The van der Waals surface area contributed by atoms with Gasteiger partial charge in [0.2, 0.25) is 0 Å². The first kappa shape index (κ1) is 25.4. The molecule has 3 N–H and O–H groups in total. The van der Waals surface area contributed by atoms with Gasteiger partial charge in [-0.2, -0.15) is 4.31 Å². The SMILES string of the molecule is NCc1cccc(CNC(=O)C2N(C(=O)c3cccc([N+](=O)[O-])c3)CCN2S(=O)(=O)c2cccs2)c1. The summed E-state index contributed by atoms with van der Waals surface area (Å²) in [6.07, 6.45) is -1.47. The van der Waals surface area contributed by atoms with Crippen LogP contribution in [-0.4, -0.2) is 53.6 Å². The van der Waals surface area contributed by atoms with Crippen molar-refractivity contribution in [3.63, 3.8) is 0 Å². The Labute approximate surface area is 211 Å². The highest BCUT2D eigenvalue weighted by molar-refractivity contribution is 7.91. The van der Waals surface area contributed by atoms with E-state index in [1.807, 2.05) is 12.1 Å². The van der Waals surface area contributed by atoms with Crippen LogP contribution in [-0.2, 0) is 27.9 Å². The topological polar surface area (TPSA) is 156 Å². The second kappa shape index (κ2) is 10.5. The van der Waals surface area contributed by atoms with Crippen LogP contribution in [0.2, 0.25) is 0 Å². The standard InChI is InChI=1S/C23H23N5O6S2/c24-14-16-4-1-5-17(12-16)15-25-21(29)22-26(23(30)18-6-2-7-19(13-18)28(31)32)9-10-27(22)36(33,34)20-8-3-11-35-20/h1-8,11-13,22H,9-10,14-15,24H2,(H,25,29). The zero-order chi connectivity index (χ0) is 25.9. The number of benzene rings is 2. The molecule has 1 saturated heterocycles. The fourth-order valence-electron chi connectivity index (χ4n) is 3.93. The molecule has 0 radical (unpaired) electrons. The van der Waals surface area contributed by atoms with Gasteiger partial charge in [0.25, 0.3) is 27.5 Å². The summed E-state index contributed by atoms with van der Waals surface area (Å²) in [5.74, 6) is -1.38. The minimum absolute atomic E-state index is 0.0204. The lowest BCUT2D eigenvalue weighted by atomic mass is 10.1. The van der Waals surface area contributed by atoms with Crippen molar-refractivity contribution < 1.29 is 22.9 Å². The predicted molar refractivity (Wildman–Crippen MR) is 132 cm³/mol. The van der Waals surface area contributed by atoms with Crippen molar-refractivity contribution in [2.45, 2.75) is 23.5 Å². The number of nitrogens with zero attached hydrogens (tertiary/aromatic N) is 3. The summed E-state index contributed by atoms with van der Waals surface area (Å²) < 4.78 is 27.7. The van der Waals surface area contributed by atoms with E-state index in [1.165, 1.54) is 24.3 Å². The number of hydrogen-bond donors (Lipinski definition) is 2. The molecular weight excluding hydrogens is 506 g/mol. The molecule has 1 unspecified atom stereocenters. The van der Waals surface area contributed by atoms with Gasteiger partial charge in [0.05, 0.1) is 4.92 Å². The molecule has 36 heavy (non-hydrogen) atoms. The summed E-state index contributed by atoms with van der Waals surface area (Å²) in [4.78, 5) is 38.4. The Morgan fingerprint density at radius 3 is 2.53 bits per heavy atom. The number of amides is 2. The van der Waals surface area contributed by atoms with E-state index in [0.29, 0.717) is 6.54 Å². The molecule has 0 spiro atoms. The van der Waals surface area contributed by atoms with Crippen molar-refractivity contribution in [1.29, 1.82) is 0 Å². The number of nitro benzene ring substituents is 1. The Morgan fingerprint density at radius 1 is 1.08 bits per heavy atom. The van der Waals surface area contributed by atoms with Gasteiger partial charge < -0.3 is 16.0 Å². The van der Waals surface area contributed by atoms with Gasteiger partial charge >= 0.3 is 0 Å². The summed E-state index contributed by atoms with van der Waals surface area (Å²) in [6, 6.07) is 15.4. The van der Waals surface area contributed by atoms with Crippen LogP contribution in [0.4, 0.5) is 5.69 Å². The summed E-state index contributed by atoms with van der Waals surface area (Å²) >= 11 is 1.00. The van der Waals surface area contributed by atoms with Gasteiger partial charge in [-0.25, -0.2) is 8.42 Å². The van der Waals surface area contributed by atoms with Crippen molar-refractivity contribution >= 4 is 38.9 Å². The Balaban J connectivity index is 1.65. The van der Waals surface area contributed by atoms with Crippen LogP contribution in [0.5, 0.6) is 0 Å². The number of non-ortho nitro benzene ring substituents is 1. The lowest BCUT2D eigenvalue weighted by Gasteiger charge is -2.28. The summed E-state index contributed by atoms with van der Waals surface area (Å²) in [6.45, 7) is 0.242. The lowest BCUT2D eigenvalue weighted by molar-refractivity contribution is -0.384. The van der Waals surface area contributed by atoms with Crippen molar-refractivity contribution in [2.75, 3.05) is 13.1 Å². The number of rotatable bonds is 8. The molecule has 3 aromatic rings. The number of nitrogens with one attached hydrogen (secondary N) is 1. The van der Waals surface area contributed by atoms with Crippen LogP contribution >= 0.6 is 11.3 Å². The lowest BCUT2D eigenvalue weighted by Crippen LogP contribution is -2.53. The minimum atomic E-state index is -4.08. The third kappa shape index (κ3) is 5.14. The molecule has 11 nitrogen and oxygen atoms in total. The first-order chi connectivity index (χ1) is 17.2. The molecule has 1 aliphatic heterocycles. The van der Waals surface area contributed by atoms with Crippen LogP contribution in [0.25, 0.3) is 0 Å². The van der Waals surface area contributed by atoms with Crippen LogP contribution in [0.3, 0.4) is 0 Å². The largest absolute Gasteiger partial charge is 0.349 e. The quantitative estimate of drug-likeness (QED) is 0.333. The third-order valence-corrected chi connectivity index (χ3v) is 8.91. The zero-order valence-corrected chi connectivity index (χ0v) is 20.6. The fourth-order valence-corrected chi connectivity index (χ4v) is 6.60. The van der Waals surface area contributed by atoms with Crippen molar-refractivity contribution in [2.24, 2.45) is 5.73 Å². The maximum atomic E-state index is 13.4. The molecule has 2 heterocycles. The molecule has 1 fully saturated rings. The molecule has 0 aliphatic carbocycles. The van der Waals surface area contributed by atoms with Crippen molar-refractivity contribution in [3.05, 3.63) is 92.8 Å². The number of nitrogens with two attached hydrogens (primary N) is 1. The van der Waals surface area contributed by atoms with Crippen LogP contribution in [0.15, 0.2) is 70.3 Å². The Morgan fingerprint density at radius 2 is 1.83 bits per heavy atom. The maximum Gasteiger partial charge on any atom is 0.270 e. The van der Waals surface area contributed by atoms with Gasteiger partial charge in [-0.1, -0.05) is 36.4 Å². The average Bonchev–Trinajstić information content (AvgIpc) is 3.58. The fraction of sp³-hybridized carbons (Fsp3) is 0.217. The highest BCUT2D eigenvalue weighted by Crippen LogP contribution is 2.29. The molecule has 4 rings (SSSR count). The van der Waals surface area contributed by atoms with Gasteiger partial charge in [0.15, 0.2) is 6.17 Å². The number of sulfonamides is 1. The zero-order valence-electron chi connectivity index (χ0n) is 18.9. The van der Waals surface area contributed by atoms with Crippen molar-refractivity contribution in [3.8, 4) is 0 Å². The summed E-state index contributed by atoms with van der Waals surface area (Å²) in [7, 11) is -4.08. The Kier molecular flexibility index (Phi) is 7.45. The average molecular weight is 530 g/mol. The first-order valence-electron chi connectivity index (χ1n) is 10.9. The smallest absolute Gasteiger partial charge is 0.270 e. The molecule has 1 atom stereocenters. The van der Waals surface area contributed by atoms with Gasteiger partial charge in [-0.05, 0) is 28.6 Å². The molecular formula is C23H23N5O6S2. The molecule has 1 aliphatic rings. The molecule has 188 valence electrons. The minimum Gasteiger partial charge on any atom is -0.349 e. The predicted octanol–water partition coefficient (Wildman–Crippen LogP) is 1.90. The Bertz CT molecular complexity index is 1390. The number of carbonyl (C=O) groups is 2. The van der Waals surface area contributed by atoms with E-state index in [0.717, 1.165) is 37.7 Å². The summed E-state index contributed by atoms with van der Waals surface area (Å²) in [5.41, 5.74) is 6.99. The normalized spacial score (nSPS) is 16.1. The molecule has 2 amide bonds. The molecule has 2 aromatic carbocycles. The molecule has 0 bridgehead atoms. The van der Waals surface area contributed by atoms with Crippen LogP contribution in [0, 0.1) is 10.1 Å². The van der Waals surface area contributed by atoms with E-state index in [1.54, 1.807) is 23.6 Å². The Hall–Kier alpha value is -3.65. The number of hydrogen-bond acceptors (Lipinski definition) is 8. The number of nitro groups is 1. The van der Waals surface area contributed by atoms with E-state index < -0.39 is 32.9 Å². The van der Waals surface area contributed by atoms with E-state index >= 15 is 0 Å². The van der Waals surface area contributed by atoms with Crippen LogP contribution < -0.4 is 11.1 Å². The second-order valence-electron chi connectivity index (χ2n) is 7.97. The van der Waals surface area contributed by atoms with Gasteiger partial charge in [0.1, 0.15) is 4.21 Å². The third-order valence-electron chi connectivity index (χ3n) is 5.68. The van der Waals surface area contributed by atoms with E-state index in [4.69, 9.17) is 5.73 Å². The highest BCUT2D eigenvalue weighted by atomic mass is 32.2. The van der Waals surface area contributed by atoms with Crippen LogP contribution in [0.1, 0.15) is 21.5 Å². The first-order valence-corrected chi connectivity index (χ1v) is 13.2. The molecule has 1 aromatic heterocycles. The monoisotopic (exact) mass is 529 g/mol. The number of thiophene rings is 1. The van der Waals surface area contributed by atoms with Gasteiger partial charge in [-0.3, -0.25) is 19.7 Å². The van der Waals surface area contributed by atoms with Crippen molar-refractivity contribution in [1.82, 2.24) is 14.5 Å². The van der Waals surface area contributed by atoms with E-state index in [2.05, 4.69) is 5.32 Å². The van der Waals surface area contributed by atoms with E-state index in [-0.39, 0.29) is 35.1 Å². The van der Waals surface area contributed by atoms with Gasteiger partial charge in [-0.15, -0.1) is 11.3 Å². The highest BCUT2D eigenvalue weighted by Gasteiger charge is 2.47. The maximum absolute atomic E-state index is 13.4.